The van der Waals surface area contributed by atoms with Gasteiger partial charge in [-0.15, -0.1) is 0 Å². The average Bonchev–Trinajstić information content (AvgIpc) is 3.01. The van der Waals surface area contributed by atoms with Crippen LogP contribution in [0.25, 0.3) is 21.9 Å². The van der Waals surface area contributed by atoms with Crippen molar-refractivity contribution in [1.29, 1.82) is 0 Å². The van der Waals surface area contributed by atoms with Crippen molar-refractivity contribution >= 4 is 34.1 Å². The molecule has 1 saturated heterocycles. The number of carbonyl (C=O) groups is 2. The standard InChI is InChI=1S/C35H40N4O2/c1-4-36-33(34(40)39-20-18-25(2)19-21-39)22-26-12-14-28(15-13-26)30-10-7-11-32(24-30)38(3)35(41)37-31-17-16-27-8-5-6-9-29(27)23-31/h5-17,23-25,33,36H,4,18-22H2,1-3H3,(H,37,41). The first-order valence-electron chi connectivity index (χ1n) is 14.7. The molecule has 41 heavy (non-hydrogen) atoms. The molecular formula is C35H40N4O2. The molecule has 1 atom stereocenters. The highest BCUT2D eigenvalue weighted by Gasteiger charge is 2.26. The molecule has 4 aromatic carbocycles. The van der Waals surface area contributed by atoms with Gasteiger partial charge in [0, 0.05) is 31.5 Å². The lowest BCUT2D eigenvalue weighted by molar-refractivity contribution is -0.134. The Hall–Kier alpha value is -4.16. The van der Waals surface area contributed by atoms with Gasteiger partial charge in [0.05, 0.1) is 6.04 Å². The van der Waals surface area contributed by atoms with Crippen molar-refractivity contribution in [2.75, 3.05) is 36.9 Å². The lowest BCUT2D eigenvalue weighted by Gasteiger charge is -2.33. The minimum atomic E-state index is -0.211. The molecule has 0 spiro atoms. The number of fused-ring (bicyclic) bond motifs is 1. The highest BCUT2D eigenvalue weighted by atomic mass is 16.2. The van der Waals surface area contributed by atoms with Gasteiger partial charge in [-0.05, 0) is 83.5 Å². The number of urea groups is 1. The number of carbonyl (C=O) groups excluding carboxylic acids is 2. The zero-order valence-electron chi connectivity index (χ0n) is 24.3. The zero-order chi connectivity index (χ0) is 28.8. The molecule has 212 valence electrons. The SMILES string of the molecule is CCNC(Cc1ccc(-c2cccc(N(C)C(=O)Nc3ccc4ccccc4c3)c2)cc1)C(=O)N1CCC(C)CC1. The van der Waals surface area contributed by atoms with Crippen LogP contribution in [0.5, 0.6) is 0 Å². The number of nitrogens with one attached hydrogen (secondary N) is 2. The minimum Gasteiger partial charge on any atom is -0.341 e. The Morgan fingerprint density at radius 3 is 2.34 bits per heavy atom. The van der Waals surface area contributed by atoms with Gasteiger partial charge in [0.1, 0.15) is 0 Å². The van der Waals surface area contributed by atoms with E-state index in [0.717, 1.165) is 71.3 Å². The normalized spacial score (nSPS) is 14.6. The van der Waals surface area contributed by atoms with Gasteiger partial charge in [-0.25, -0.2) is 4.79 Å². The maximum Gasteiger partial charge on any atom is 0.326 e. The van der Waals surface area contributed by atoms with Crippen LogP contribution in [0.4, 0.5) is 16.2 Å². The van der Waals surface area contributed by atoms with E-state index in [9.17, 15) is 9.59 Å². The number of piperidine rings is 1. The zero-order valence-corrected chi connectivity index (χ0v) is 24.3. The van der Waals surface area contributed by atoms with Gasteiger partial charge < -0.3 is 15.5 Å². The molecule has 0 radical (unpaired) electrons. The molecule has 3 amide bonds. The number of hydrogen-bond acceptors (Lipinski definition) is 3. The number of likely N-dealkylation sites (N-methyl/N-ethyl adjacent to an activating group) is 1. The number of nitrogens with zero attached hydrogens (tertiary/aromatic N) is 2. The first kappa shape index (κ1) is 28.4. The third-order valence-corrected chi connectivity index (χ3v) is 8.11. The van der Waals surface area contributed by atoms with Gasteiger partial charge in [-0.3, -0.25) is 9.69 Å². The van der Waals surface area contributed by atoms with Crippen molar-refractivity contribution in [1.82, 2.24) is 10.2 Å². The van der Waals surface area contributed by atoms with Crippen molar-refractivity contribution < 1.29 is 9.59 Å². The van der Waals surface area contributed by atoms with Gasteiger partial charge >= 0.3 is 6.03 Å². The topological polar surface area (TPSA) is 64.7 Å². The van der Waals surface area contributed by atoms with Crippen LogP contribution in [-0.2, 0) is 11.2 Å². The van der Waals surface area contributed by atoms with E-state index in [-0.39, 0.29) is 18.0 Å². The maximum atomic E-state index is 13.2. The summed E-state index contributed by atoms with van der Waals surface area (Å²) in [5.41, 5.74) is 4.79. The summed E-state index contributed by atoms with van der Waals surface area (Å²) in [6, 6.07) is 30.0. The van der Waals surface area contributed by atoms with E-state index in [1.165, 1.54) is 0 Å². The quantitative estimate of drug-likeness (QED) is 0.250. The Labute approximate surface area is 243 Å². The second kappa shape index (κ2) is 13.0. The Balaban J connectivity index is 1.24. The fourth-order valence-corrected chi connectivity index (χ4v) is 5.50. The fraction of sp³-hybridized carbons (Fsp3) is 0.314. The van der Waals surface area contributed by atoms with Crippen LogP contribution in [0.2, 0.25) is 0 Å². The number of anilines is 2. The van der Waals surface area contributed by atoms with Crippen LogP contribution in [0.3, 0.4) is 0 Å². The van der Waals surface area contributed by atoms with Crippen molar-refractivity contribution in [2.45, 2.75) is 39.2 Å². The van der Waals surface area contributed by atoms with Crippen molar-refractivity contribution in [3.63, 3.8) is 0 Å². The average molecular weight is 549 g/mol. The van der Waals surface area contributed by atoms with Gasteiger partial charge in [-0.2, -0.15) is 0 Å². The third kappa shape index (κ3) is 6.95. The van der Waals surface area contributed by atoms with Crippen LogP contribution in [-0.4, -0.2) is 49.6 Å². The molecule has 6 heteroatoms. The summed E-state index contributed by atoms with van der Waals surface area (Å²) in [5, 5.41) is 8.64. The second-order valence-corrected chi connectivity index (χ2v) is 11.1. The molecule has 1 heterocycles. The molecule has 1 aliphatic heterocycles. The molecule has 6 nitrogen and oxygen atoms in total. The van der Waals surface area contributed by atoms with Gasteiger partial charge in [0.25, 0.3) is 0 Å². The summed E-state index contributed by atoms with van der Waals surface area (Å²) in [6.45, 7) is 6.78. The fourth-order valence-electron chi connectivity index (χ4n) is 5.50. The molecule has 0 saturated carbocycles. The van der Waals surface area contributed by atoms with Gasteiger partial charge in [0.2, 0.25) is 5.91 Å². The Morgan fingerprint density at radius 1 is 0.878 bits per heavy atom. The predicted molar refractivity (Wildman–Crippen MR) is 169 cm³/mol. The molecule has 1 unspecified atom stereocenters. The molecule has 0 aromatic heterocycles. The lowest BCUT2D eigenvalue weighted by Crippen LogP contribution is -2.50. The predicted octanol–water partition coefficient (Wildman–Crippen LogP) is 6.95. The van der Waals surface area contributed by atoms with E-state index in [2.05, 4.69) is 54.0 Å². The summed E-state index contributed by atoms with van der Waals surface area (Å²) < 4.78 is 0. The Morgan fingerprint density at radius 2 is 1.61 bits per heavy atom. The number of hydrogen-bond donors (Lipinski definition) is 2. The highest BCUT2D eigenvalue weighted by Crippen LogP contribution is 2.26. The third-order valence-electron chi connectivity index (χ3n) is 8.11. The van der Waals surface area contributed by atoms with E-state index in [1.54, 1.807) is 11.9 Å². The highest BCUT2D eigenvalue weighted by molar-refractivity contribution is 6.02. The molecule has 0 aliphatic carbocycles. The van der Waals surface area contributed by atoms with Crippen molar-refractivity contribution in [2.24, 2.45) is 5.92 Å². The molecular weight excluding hydrogens is 508 g/mol. The van der Waals surface area contributed by atoms with Gasteiger partial charge in [-0.1, -0.05) is 80.6 Å². The summed E-state index contributed by atoms with van der Waals surface area (Å²) in [6.07, 6.45) is 2.83. The molecule has 1 fully saturated rings. The van der Waals surface area contributed by atoms with E-state index >= 15 is 0 Å². The molecule has 5 rings (SSSR count). The number of benzene rings is 4. The number of rotatable bonds is 8. The van der Waals surface area contributed by atoms with E-state index < -0.39 is 0 Å². The number of amides is 3. The minimum absolute atomic E-state index is 0.199. The van der Waals surface area contributed by atoms with Crippen LogP contribution < -0.4 is 15.5 Å². The van der Waals surface area contributed by atoms with E-state index in [1.807, 2.05) is 66.4 Å². The smallest absolute Gasteiger partial charge is 0.326 e. The summed E-state index contributed by atoms with van der Waals surface area (Å²) in [7, 11) is 1.78. The molecule has 0 bridgehead atoms. The first-order valence-corrected chi connectivity index (χ1v) is 14.7. The second-order valence-electron chi connectivity index (χ2n) is 11.1. The summed E-state index contributed by atoms with van der Waals surface area (Å²) in [4.78, 5) is 30.0. The van der Waals surface area contributed by atoms with Crippen molar-refractivity contribution in [3.05, 3.63) is 96.6 Å². The van der Waals surface area contributed by atoms with Crippen molar-refractivity contribution in [3.8, 4) is 11.1 Å². The molecule has 4 aromatic rings. The molecule has 1 aliphatic rings. The van der Waals surface area contributed by atoms with E-state index in [0.29, 0.717) is 12.3 Å². The van der Waals surface area contributed by atoms with Crippen LogP contribution in [0.1, 0.15) is 32.3 Å². The molecule has 2 N–H and O–H groups in total. The van der Waals surface area contributed by atoms with Crippen LogP contribution >= 0.6 is 0 Å². The monoisotopic (exact) mass is 548 g/mol. The van der Waals surface area contributed by atoms with Gasteiger partial charge in [0.15, 0.2) is 0 Å². The van der Waals surface area contributed by atoms with E-state index in [4.69, 9.17) is 0 Å². The Kier molecular flexibility index (Phi) is 9.00. The van der Waals surface area contributed by atoms with Crippen LogP contribution in [0.15, 0.2) is 91.0 Å². The lowest BCUT2D eigenvalue weighted by atomic mass is 9.97. The maximum absolute atomic E-state index is 13.2. The van der Waals surface area contributed by atoms with Crippen LogP contribution in [0, 0.1) is 5.92 Å². The first-order chi connectivity index (χ1) is 19.9. The summed E-state index contributed by atoms with van der Waals surface area (Å²) >= 11 is 0. The largest absolute Gasteiger partial charge is 0.341 e. The summed E-state index contributed by atoms with van der Waals surface area (Å²) in [5.74, 6) is 0.905. The number of likely N-dealkylation sites (tertiary alicyclic amines) is 1. The Bertz CT molecular complexity index is 1490.